The maximum atomic E-state index is 12.8. The molecule has 142 valence electrons. The molecule has 0 spiro atoms. The minimum Gasteiger partial charge on any atom is -0.550 e. The molecule has 2 atom stereocenters. The molecule has 2 aliphatic rings. The highest BCUT2D eigenvalue weighted by molar-refractivity contribution is 7.17. The summed E-state index contributed by atoms with van der Waals surface area (Å²) < 4.78 is 4.94. The molecule has 3 rings (SSSR count). The number of fused-ring (bicyclic) bond motifs is 1. The Kier molecular flexibility index (Phi) is 5.96. The molecule has 1 N–H and O–H groups in total. The van der Waals surface area contributed by atoms with Gasteiger partial charge in [-0.3, -0.25) is 4.79 Å². The van der Waals surface area contributed by atoms with Crippen LogP contribution >= 0.6 is 11.3 Å². The highest BCUT2D eigenvalue weighted by Crippen LogP contribution is 2.39. The third-order valence-electron chi connectivity index (χ3n) is 5.45. The summed E-state index contributed by atoms with van der Waals surface area (Å²) in [4.78, 5) is 37.6. The first-order valence-electron chi connectivity index (χ1n) is 9.27. The van der Waals surface area contributed by atoms with Crippen molar-refractivity contribution in [1.29, 1.82) is 0 Å². The lowest BCUT2D eigenvalue weighted by atomic mass is 9.79. The van der Waals surface area contributed by atoms with Crippen molar-refractivity contribution in [2.45, 2.75) is 57.8 Å². The van der Waals surface area contributed by atoms with Crippen molar-refractivity contribution in [3.05, 3.63) is 16.0 Å². The van der Waals surface area contributed by atoms with Crippen molar-refractivity contribution >= 4 is 34.2 Å². The molecular formula is C19H24NO5S-. The molecule has 1 fully saturated rings. The molecule has 6 nitrogen and oxygen atoms in total. The van der Waals surface area contributed by atoms with Crippen LogP contribution in [0.4, 0.5) is 5.00 Å². The Labute approximate surface area is 156 Å². The number of amides is 1. The maximum Gasteiger partial charge on any atom is 0.341 e. The number of carbonyl (C=O) groups excluding carboxylic acids is 3. The molecule has 0 radical (unpaired) electrons. The maximum absolute atomic E-state index is 12.8. The van der Waals surface area contributed by atoms with E-state index in [2.05, 4.69) is 5.32 Å². The number of methoxy groups -OCH3 is 1. The number of carboxylic acid groups (broad SMARTS) is 1. The molecule has 1 aromatic heterocycles. The van der Waals surface area contributed by atoms with Crippen molar-refractivity contribution in [2.75, 3.05) is 12.4 Å². The average molecular weight is 378 g/mol. The third kappa shape index (κ3) is 3.77. The van der Waals surface area contributed by atoms with Crippen LogP contribution in [0.3, 0.4) is 0 Å². The van der Waals surface area contributed by atoms with Crippen LogP contribution in [0.2, 0.25) is 0 Å². The number of carboxylic acids is 1. The largest absolute Gasteiger partial charge is 0.550 e. The van der Waals surface area contributed by atoms with Gasteiger partial charge < -0.3 is 20.0 Å². The lowest BCUT2D eigenvalue weighted by molar-refractivity contribution is -0.313. The Morgan fingerprint density at radius 3 is 2.42 bits per heavy atom. The van der Waals surface area contributed by atoms with Crippen molar-refractivity contribution in [2.24, 2.45) is 11.8 Å². The zero-order valence-corrected chi connectivity index (χ0v) is 15.8. The van der Waals surface area contributed by atoms with Gasteiger partial charge in [-0.05, 0) is 44.1 Å². The summed E-state index contributed by atoms with van der Waals surface area (Å²) in [5, 5.41) is 14.7. The number of carbonyl (C=O) groups is 3. The van der Waals surface area contributed by atoms with Gasteiger partial charge in [0.2, 0.25) is 5.91 Å². The van der Waals surface area contributed by atoms with Crippen LogP contribution in [-0.4, -0.2) is 25.0 Å². The van der Waals surface area contributed by atoms with Gasteiger partial charge in [-0.15, -0.1) is 11.3 Å². The summed E-state index contributed by atoms with van der Waals surface area (Å²) in [6.07, 6.45) is 7.51. The van der Waals surface area contributed by atoms with E-state index in [1.807, 2.05) is 0 Å². The summed E-state index contributed by atoms with van der Waals surface area (Å²) in [7, 11) is 1.34. The van der Waals surface area contributed by atoms with E-state index < -0.39 is 23.8 Å². The normalized spacial score (nSPS) is 22.8. The van der Waals surface area contributed by atoms with E-state index >= 15 is 0 Å². The number of hydrogen-bond acceptors (Lipinski definition) is 6. The Bertz CT molecular complexity index is 711. The van der Waals surface area contributed by atoms with E-state index in [4.69, 9.17) is 4.74 Å². The second-order valence-electron chi connectivity index (χ2n) is 7.07. The molecule has 0 bridgehead atoms. The SMILES string of the molecule is COC(=O)c1c(NC(=O)[C@@H]2CCCC[C@H]2C(=O)[O-])sc2c1CCCCC2. The number of thiophene rings is 1. The van der Waals surface area contributed by atoms with Crippen molar-refractivity contribution in [3.8, 4) is 0 Å². The molecule has 1 saturated carbocycles. The van der Waals surface area contributed by atoms with E-state index in [0.717, 1.165) is 55.4 Å². The van der Waals surface area contributed by atoms with Gasteiger partial charge >= 0.3 is 5.97 Å². The molecule has 26 heavy (non-hydrogen) atoms. The van der Waals surface area contributed by atoms with Crippen LogP contribution in [0.5, 0.6) is 0 Å². The van der Waals surface area contributed by atoms with Crippen molar-refractivity contribution in [1.82, 2.24) is 0 Å². The summed E-state index contributed by atoms with van der Waals surface area (Å²) in [6.45, 7) is 0. The predicted octanol–water partition coefficient (Wildman–Crippen LogP) is 2.30. The number of aryl methyl sites for hydroxylation is 1. The van der Waals surface area contributed by atoms with Crippen LogP contribution in [-0.2, 0) is 27.2 Å². The molecule has 0 aromatic carbocycles. The van der Waals surface area contributed by atoms with E-state index in [9.17, 15) is 19.5 Å². The monoisotopic (exact) mass is 378 g/mol. The molecule has 7 heteroatoms. The lowest BCUT2D eigenvalue weighted by Crippen LogP contribution is -2.42. The number of aliphatic carboxylic acids is 1. The van der Waals surface area contributed by atoms with E-state index in [1.165, 1.54) is 18.4 Å². The summed E-state index contributed by atoms with van der Waals surface area (Å²) in [6, 6.07) is 0. The fourth-order valence-electron chi connectivity index (χ4n) is 4.08. The van der Waals surface area contributed by atoms with Gasteiger partial charge in [0.15, 0.2) is 0 Å². The van der Waals surface area contributed by atoms with Gasteiger partial charge in [-0.1, -0.05) is 19.3 Å². The fourth-order valence-corrected chi connectivity index (χ4v) is 5.36. The van der Waals surface area contributed by atoms with Gasteiger partial charge in [0.05, 0.1) is 12.7 Å². The molecule has 1 heterocycles. The molecule has 1 amide bonds. The molecule has 1 aromatic rings. The average Bonchev–Trinajstić information content (AvgIpc) is 2.81. The second kappa shape index (κ2) is 8.20. The van der Waals surface area contributed by atoms with Gasteiger partial charge in [-0.25, -0.2) is 4.79 Å². The molecule has 0 unspecified atom stereocenters. The summed E-state index contributed by atoms with van der Waals surface area (Å²) in [5.41, 5.74) is 1.43. The molecule has 0 aliphatic heterocycles. The van der Waals surface area contributed by atoms with Crippen LogP contribution in [0.25, 0.3) is 0 Å². The van der Waals surface area contributed by atoms with Crippen LogP contribution in [0, 0.1) is 11.8 Å². The van der Waals surface area contributed by atoms with Gasteiger partial charge in [-0.2, -0.15) is 0 Å². The van der Waals surface area contributed by atoms with Crippen LogP contribution in [0.1, 0.15) is 65.7 Å². The molecule has 0 saturated heterocycles. The lowest BCUT2D eigenvalue weighted by Gasteiger charge is -2.31. The zero-order chi connectivity index (χ0) is 18.7. The Hall–Kier alpha value is -1.89. The predicted molar refractivity (Wildman–Crippen MR) is 96.0 cm³/mol. The van der Waals surface area contributed by atoms with Crippen molar-refractivity contribution < 1.29 is 24.2 Å². The Balaban J connectivity index is 1.87. The Morgan fingerprint density at radius 2 is 1.73 bits per heavy atom. The Morgan fingerprint density at radius 1 is 1.04 bits per heavy atom. The van der Waals surface area contributed by atoms with E-state index in [1.54, 1.807) is 0 Å². The highest BCUT2D eigenvalue weighted by atomic mass is 32.1. The fraction of sp³-hybridized carbons (Fsp3) is 0.632. The minimum atomic E-state index is -1.17. The smallest absolute Gasteiger partial charge is 0.341 e. The first kappa shape index (κ1) is 18.9. The van der Waals surface area contributed by atoms with Crippen LogP contribution in [0.15, 0.2) is 0 Å². The molecule has 2 aliphatic carbocycles. The number of rotatable bonds is 4. The molecular weight excluding hydrogens is 354 g/mol. The topological polar surface area (TPSA) is 95.5 Å². The number of anilines is 1. The first-order chi connectivity index (χ1) is 12.5. The van der Waals surface area contributed by atoms with Crippen molar-refractivity contribution in [3.63, 3.8) is 0 Å². The summed E-state index contributed by atoms with van der Waals surface area (Å²) in [5.74, 6) is -3.32. The highest BCUT2D eigenvalue weighted by Gasteiger charge is 2.33. The van der Waals surface area contributed by atoms with Gasteiger partial charge in [0.1, 0.15) is 5.00 Å². The number of ether oxygens (including phenoxy) is 1. The third-order valence-corrected chi connectivity index (χ3v) is 6.66. The number of esters is 1. The first-order valence-corrected chi connectivity index (χ1v) is 10.1. The summed E-state index contributed by atoms with van der Waals surface area (Å²) >= 11 is 1.43. The standard InChI is InChI=1S/C19H25NO5S/c1-25-19(24)15-13-9-3-2-4-10-14(13)26-17(15)20-16(21)11-7-5-6-8-12(11)18(22)23/h11-12H,2-10H2,1H3,(H,20,21)(H,22,23)/p-1/t11-,12-/m1/s1. The van der Waals surface area contributed by atoms with Gasteiger partial charge in [0, 0.05) is 22.7 Å². The minimum absolute atomic E-state index is 0.333. The zero-order valence-electron chi connectivity index (χ0n) is 15.0. The van der Waals surface area contributed by atoms with E-state index in [-0.39, 0.29) is 5.91 Å². The van der Waals surface area contributed by atoms with Crippen LogP contribution < -0.4 is 10.4 Å². The number of nitrogens with one attached hydrogen (secondary N) is 1. The van der Waals surface area contributed by atoms with Gasteiger partial charge in [0.25, 0.3) is 0 Å². The quantitative estimate of drug-likeness (QED) is 0.641. The second-order valence-corrected chi connectivity index (χ2v) is 8.17. The number of hydrogen-bond donors (Lipinski definition) is 1. The van der Waals surface area contributed by atoms with E-state index in [0.29, 0.717) is 23.4 Å².